The van der Waals surface area contributed by atoms with Crippen molar-refractivity contribution in [2.75, 3.05) is 19.6 Å². The molecule has 1 aliphatic heterocycles. The van der Waals surface area contributed by atoms with Gasteiger partial charge in [0.2, 0.25) is 0 Å². The Morgan fingerprint density at radius 2 is 1.97 bits per heavy atom. The minimum Gasteiger partial charge on any atom is -0.507 e. The maximum absolute atomic E-state index is 13.2. The SMILES string of the molecule is Cc1cncc(C(=O)N2CCN(C(=O)c3ccccc3O)CC2c2cn[nH]c2)c1. The van der Waals surface area contributed by atoms with Crippen LogP contribution in [0, 0.1) is 6.92 Å². The maximum Gasteiger partial charge on any atom is 0.257 e. The number of carbonyl (C=O) groups is 2. The number of aromatic hydroxyl groups is 1. The highest BCUT2D eigenvalue weighted by Gasteiger charge is 2.35. The number of phenolic OH excluding ortho intramolecular Hbond substituents is 1. The lowest BCUT2D eigenvalue weighted by Crippen LogP contribution is -2.52. The second-order valence-electron chi connectivity index (χ2n) is 7.07. The van der Waals surface area contributed by atoms with Crippen molar-refractivity contribution < 1.29 is 14.7 Å². The Bertz CT molecular complexity index is 1030. The molecule has 1 aliphatic rings. The van der Waals surface area contributed by atoms with E-state index in [-0.39, 0.29) is 29.2 Å². The molecule has 3 heterocycles. The topological polar surface area (TPSA) is 102 Å². The molecule has 2 aromatic heterocycles. The Morgan fingerprint density at radius 1 is 1.14 bits per heavy atom. The summed E-state index contributed by atoms with van der Waals surface area (Å²) >= 11 is 0. The minimum absolute atomic E-state index is 0.0540. The van der Waals surface area contributed by atoms with E-state index in [1.54, 1.807) is 58.9 Å². The Morgan fingerprint density at radius 3 is 2.69 bits per heavy atom. The second-order valence-corrected chi connectivity index (χ2v) is 7.07. The lowest BCUT2D eigenvalue weighted by atomic mass is 10.0. The van der Waals surface area contributed by atoms with Crippen LogP contribution in [0.2, 0.25) is 0 Å². The summed E-state index contributed by atoms with van der Waals surface area (Å²) in [5, 5.41) is 16.8. The van der Waals surface area contributed by atoms with Crippen LogP contribution >= 0.6 is 0 Å². The number of H-pyrrole nitrogens is 1. The van der Waals surface area contributed by atoms with Crippen LogP contribution in [0.15, 0.2) is 55.1 Å². The zero-order valence-electron chi connectivity index (χ0n) is 15.9. The number of hydrogen-bond acceptors (Lipinski definition) is 5. The molecule has 0 aliphatic carbocycles. The second kappa shape index (κ2) is 7.75. The molecule has 1 aromatic carbocycles. The first-order valence-corrected chi connectivity index (χ1v) is 9.33. The van der Waals surface area contributed by atoms with Crippen molar-refractivity contribution in [1.82, 2.24) is 25.0 Å². The van der Waals surface area contributed by atoms with Crippen molar-refractivity contribution in [3.05, 3.63) is 77.4 Å². The Hall–Kier alpha value is -3.68. The van der Waals surface area contributed by atoms with Crippen molar-refractivity contribution in [2.24, 2.45) is 0 Å². The van der Waals surface area contributed by atoms with Crippen molar-refractivity contribution >= 4 is 11.8 Å². The molecule has 0 radical (unpaired) electrons. The number of phenols is 1. The fourth-order valence-corrected chi connectivity index (χ4v) is 3.60. The van der Waals surface area contributed by atoms with Crippen molar-refractivity contribution in [2.45, 2.75) is 13.0 Å². The Kier molecular flexibility index (Phi) is 4.99. The number of nitrogens with one attached hydrogen (secondary N) is 1. The van der Waals surface area contributed by atoms with E-state index in [1.165, 1.54) is 6.07 Å². The molecule has 2 N–H and O–H groups in total. The number of hydrogen-bond donors (Lipinski definition) is 2. The van der Waals surface area contributed by atoms with Crippen LogP contribution in [-0.2, 0) is 0 Å². The molecule has 4 rings (SSSR count). The molecule has 2 amide bonds. The summed E-state index contributed by atoms with van der Waals surface area (Å²) < 4.78 is 0. The fourth-order valence-electron chi connectivity index (χ4n) is 3.60. The third kappa shape index (κ3) is 3.69. The quantitative estimate of drug-likeness (QED) is 0.712. The molecule has 0 spiro atoms. The van der Waals surface area contributed by atoms with Crippen molar-refractivity contribution in [3.8, 4) is 5.75 Å². The molecule has 0 saturated carbocycles. The molecule has 29 heavy (non-hydrogen) atoms. The first-order chi connectivity index (χ1) is 14.0. The maximum atomic E-state index is 13.2. The molecule has 1 fully saturated rings. The van der Waals surface area contributed by atoms with E-state index in [2.05, 4.69) is 15.2 Å². The predicted octanol–water partition coefficient (Wildman–Crippen LogP) is 2.16. The van der Waals surface area contributed by atoms with Crippen LogP contribution < -0.4 is 0 Å². The number of aromatic amines is 1. The monoisotopic (exact) mass is 391 g/mol. The van der Waals surface area contributed by atoms with Crippen LogP contribution in [0.4, 0.5) is 0 Å². The Labute approximate surface area is 167 Å². The molecule has 1 unspecified atom stereocenters. The summed E-state index contributed by atoms with van der Waals surface area (Å²) in [5.41, 5.74) is 2.48. The number of carbonyl (C=O) groups excluding carboxylic acids is 2. The average molecular weight is 391 g/mol. The number of pyridine rings is 1. The van der Waals surface area contributed by atoms with Crippen LogP contribution in [0.3, 0.4) is 0 Å². The van der Waals surface area contributed by atoms with Gasteiger partial charge in [0.25, 0.3) is 11.8 Å². The number of benzene rings is 1. The summed E-state index contributed by atoms with van der Waals surface area (Å²) in [6, 6.07) is 7.93. The third-order valence-corrected chi connectivity index (χ3v) is 5.09. The number of aryl methyl sites for hydroxylation is 1. The molecule has 8 nitrogen and oxygen atoms in total. The number of amides is 2. The lowest BCUT2D eigenvalue weighted by Gasteiger charge is -2.41. The van der Waals surface area contributed by atoms with Gasteiger partial charge in [-0.2, -0.15) is 5.10 Å². The standard InChI is InChI=1S/C21H21N5O3/c1-14-8-15(10-22-9-14)20(28)26-7-6-25(13-18(26)16-11-23-24-12-16)21(29)17-4-2-3-5-19(17)27/h2-5,8-12,18,27H,6-7,13H2,1H3,(H,23,24). The first-order valence-electron chi connectivity index (χ1n) is 9.33. The summed E-state index contributed by atoms with van der Waals surface area (Å²) in [6.07, 6.45) is 6.65. The summed E-state index contributed by atoms with van der Waals surface area (Å²) in [4.78, 5) is 33.7. The molecule has 148 valence electrons. The van der Waals surface area contributed by atoms with E-state index in [1.807, 2.05) is 6.92 Å². The number of nitrogens with zero attached hydrogens (tertiary/aromatic N) is 4. The number of rotatable bonds is 3. The van der Waals surface area contributed by atoms with Gasteiger partial charge in [0, 0.05) is 43.8 Å². The van der Waals surface area contributed by atoms with Crippen LogP contribution in [0.25, 0.3) is 0 Å². The summed E-state index contributed by atoms with van der Waals surface area (Å²) in [6.45, 7) is 2.92. The molecular formula is C21H21N5O3. The lowest BCUT2D eigenvalue weighted by molar-refractivity contribution is 0.0381. The minimum atomic E-state index is -0.356. The normalized spacial score (nSPS) is 16.7. The predicted molar refractivity (Wildman–Crippen MR) is 105 cm³/mol. The number of aromatic nitrogens is 3. The van der Waals surface area contributed by atoms with Gasteiger partial charge in [-0.05, 0) is 30.7 Å². The third-order valence-electron chi connectivity index (χ3n) is 5.09. The largest absolute Gasteiger partial charge is 0.507 e. The van der Waals surface area contributed by atoms with Crippen molar-refractivity contribution in [3.63, 3.8) is 0 Å². The van der Waals surface area contributed by atoms with E-state index in [9.17, 15) is 14.7 Å². The molecular weight excluding hydrogens is 370 g/mol. The van der Waals surface area contributed by atoms with Gasteiger partial charge in [-0.15, -0.1) is 0 Å². The van der Waals surface area contributed by atoms with Gasteiger partial charge in [-0.1, -0.05) is 12.1 Å². The van der Waals surface area contributed by atoms with Gasteiger partial charge in [0.1, 0.15) is 5.75 Å². The molecule has 1 saturated heterocycles. The zero-order valence-corrected chi connectivity index (χ0v) is 15.9. The average Bonchev–Trinajstić information content (AvgIpc) is 3.27. The van der Waals surface area contributed by atoms with Gasteiger partial charge in [0.15, 0.2) is 0 Å². The van der Waals surface area contributed by atoms with E-state index in [0.29, 0.717) is 25.2 Å². The van der Waals surface area contributed by atoms with Gasteiger partial charge >= 0.3 is 0 Å². The van der Waals surface area contributed by atoms with Crippen LogP contribution in [0.5, 0.6) is 5.75 Å². The van der Waals surface area contributed by atoms with Gasteiger partial charge < -0.3 is 14.9 Å². The Balaban J connectivity index is 1.62. The van der Waals surface area contributed by atoms with E-state index in [0.717, 1.165) is 11.1 Å². The van der Waals surface area contributed by atoms with E-state index in [4.69, 9.17) is 0 Å². The molecule has 3 aromatic rings. The highest BCUT2D eigenvalue weighted by Crippen LogP contribution is 2.28. The highest BCUT2D eigenvalue weighted by molar-refractivity contribution is 5.97. The smallest absolute Gasteiger partial charge is 0.257 e. The fraction of sp³-hybridized carbons (Fsp3) is 0.238. The van der Waals surface area contributed by atoms with Crippen LogP contribution in [0.1, 0.15) is 37.9 Å². The molecule has 0 bridgehead atoms. The highest BCUT2D eigenvalue weighted by atomic mass is 16.3. The van der Waals surface area contributed by atoms with Gasteiger partial charge in [0.05, 0.1) is 23.4 Å². The molecule has 8 heteroatoms. The zero-order chi connectivity index (χ0) is 20.4. The number of para-hydroxylation sites is 1. The van der Waals surface area contributed by atoms with E-state index < -0.39 is 0 Å². The molecule has 1 atom stereocenters. The first kappa shape index (κ1) is 18.7. The number of piperazine rings is 1. The van der Waals surface area contributed by atoms with E-state index >= 15 is 0 Å². The van der Waals surface area contributed by atoms with Gasteiger partial charge in [-0.3, -0.25) is 19.7 Å². The summed E-state index contributed by atoms with van der Waals surface area (Å²) in [5.74, 6) is -0.454. The van der Waals surface area contributed by atoms with Gasteiger partial charge in [-0.25, -0.2) is 0 Å². The summed E-state index contributed by atoms with van der Waals surface area (Å²) in [7, 11) is 0. The van der Waals surface area contributed by atoms with Crippen LogP contribution in [-0.4, -0.2) is 61.5 Å². The van der Waals surface area contributed by atoms with Crippen molar-refractivity contribution in [1.29, 1.82) is 0 Å².